The zero-order valence-electron chi connectivity index (χ0n) is 15.3. The van der Waals surface area contributed by atoms with Crippen LogP contribution >= 0.6 is 23.2 Å². The van der Waals surface area contributed by atoms with Gasteiger partial charge in [-0.25, -0.2) is 14.8 Å². The molecule has 0 fully saturated rings. The number of nitrogens with zero attached hydrogens (tertiary/aromatic N) is 3. The average molecular weight is 430 g/mol. The maximum absolute atomic E-state index is 11.1. The smallest absolute Gasteiger partial charge is 0.407 e. The van der Waals surface area contributed by atoms with E-state index in [0.717, 1.165) is 22.4 Å². The lowest BCUT2D eigenvalue weighted by Crippen LogP contribution is -2.35. The first-order valence-electron chi connectivity index (χ1n) is 9.00. The van der Waals surface area contributed by atoms with Gasteiger partial charge in [-0.3, -0.25) is 0 Å². The molecule has 0 bridgehead atoms. The van der Waals surface area contributed by atoms with Crippen molar-refractivity contribution in [2.45, 2.75) is 19.6 Å². The highest BCUT2D eigenvalue weighted by molar-refractivity contribution is 6.35. The molecule has 1 aliphatic rings. The van der Waals surface area contributed by atoms with Crippen LogP contribution in [0, 0.1) is 0 Å². The number of ether oxygens (including phenoxy) is 1. The molecule has 1 aromatic heterocycles. The summed E-state index contributed by atoms with van der Waals surface area (Å²) in [6, 6.07) is 12.8. The summed E-state index contributed by atoms with van der Waals surface area (Å²) in [5.74, 6) is 1.29. The first kappa shape index (κ1) is 19.5. The van der Waals surface area contributed by atoms with E-state index in [0.29, 0.717) is 41.1 Å². The van der Waals surface area contributed by atoms with E-state index in [1.165, 1.54) is 4.90 Å². The number of amides is 1. The Morgan fingerprint density at radius 3 is 2.55 bits per heavy atom. The van der Waals surface area contributed by atoms with Crippen LogP contribution in [0.4, 0.5) is 4.79 Å². The monoisotopic (exact) mass is 429 g/mol. The summed E-state index contributed by atoms with van der Waals surface area (Å²) < 4.78 is 5.80. The minimum Gasteiger partial charge on any atom is -0.489 e. The van der Waals surface area contributed by atoms with Crippen LogP contribution in [0.3, 0.4) is 0 Å². The van der Waals surface area contributed by atoms with E-state index in [1.807, 2.05) is 24.3 Å². The first-order chi connectivity index (χ1) is 14.0. The molecule has 6 nitrogen and oxygen atoms in total. The minimum absolute atomic E-state index is 0.271. The zero-order valence-corrected chi connectivity index (χ0v) is 16.8. The standard InChI is InChI=1S/C21H17Cl2N3O3/c22-17-2-1-3-18(23)16(17)12-29-15-6-4-13(5-7-15)20-24-10-14-11-26(21(27)28)9-8-19(14)25-20/h1-7,10H,8-9,11-12H2,(H,27,28). The molecule has 1 amide bonds. The minimum atomic E-state index is -0.923. The molecule has 1 N–H and O–H groups in total. The SMILES string of the molecule is O=C(O)N1CCc2nc(-c3ccc(OCc4c(Cl)cccc4Cl)cc3)ncc2C1. The molecule has 2 heterocycles. The topological polar surface area (TPSA) is 75.5 Å². The van der Waals surface area contributed by atoms with Gasteiger partial charge >= 0.3 is 6.09 Å². The van der Waals surface area contributed by atoms with Crippen LogP contribution in [0.5, 0.6) is 5.75 Å². The van der Waals surface area contributed by atoms with Crippen LogP contribution in [0.2, 0.25) is 10.0 Å². The Morgan fingerprint density at radius 1 is 1.14 bits per heavy atom. The Morgan fingerprint density at radius 2 is 1.86 bits per heavy atom. The molecular weight excluding hydrogens is 413 g/mol. The third-order valence-electron chi connectivity index (χ3n) is 4.76. The molecule has 8 heteroatoms. The fraction of sp³-hybridized carbons (Fsp3) is 0.190. The number of aromatic nitrogens is 2. The highest BCUT2D eigenvalue weighted by atomic mass is 35.5. The first-order valence-corrected chi connectivity index (χ1v) is 9.75. The summed E-state index contributed by atoms with van der Waals surface area (Å²) in [6.45, 7) is 1.03. The van der Waals surface area contributed by atoms with Crippen LogP contribution in [0.1, 0.15) is 16.8 Å². The van der Waals surface area contributed by atoms with Gasteiger partial charge in [-0.05, 0) is 36.4 Å². The number of hydrogen-bond acceptors (Lipinski definition) is 4. The molecule has 0 radical (unpaired) electrons. The number of fused-ring (bicyclic) bond motifs is 1. The maximum Gasteiger partial charge on any atom is 0.407 e. The molecule has 29 heavy (non-hydrogen) atoms. The van der Waals surface area contributed by atoms with Gasteiger partial charge in [0, 0.05) is 45.9 Å². The van der Waals surface area contributed by atoms with Crippen LogP contribution in [0.25, 0.3) is 11.4 Å². The predicted molar refractivity (Wildman–Crippen MR) is 110 cm³/mol. The molecule has 0 atom stereocenters. The van der Waals surface area contributed by atoms with Crippen LogP contribution in [-0.4, -0.2) is 32.6 Å². The Bertz CT molecular complexity index is 1040. The van der Waals surface area contributed by atoms with Crippen molar-refractivity contribution in [1.29, 1.82) is 0 Å². The molecule has 2 aromatic carbocycles. The molecule has 0 spiro atoms. The number of hydrogen-bond donors (Lipinski definition) is 1. The Labute approximate surface area is 177 Å². The summed E-state index contributed by atoms with van der Waals surface area (Å²) >= 11 is 12.3. The van der Waals surface area contributed by atoms with Crippen molar-refractivity contribution in [3.63, 3.8) is 0 Å². The Kier molecular flexibility index (Phi) is 5.56. The van der Waals surface area contributed by atoms with Gasteiger partial charge in [0.15, 0.2) is 5.82 Å². The van der Waals surface area contributed by atoms with E-state index in [-0.39, 0.29) is 6.61 Å². The van der Waals surface area contributed by atoms with E-state index in [2.05, 4.69) is 9.97 Å². The van der Waals surface area contributed by atoms with E-state index in [4.69, 9.17) is 33.0 Å². The quantitative estimate of drug-likeness (QED) is 0.626. The van der Waals surface area contributed by atoms with Gasteiger partial charge in [0.05, 0.1) is 12.2 Å². The van der Waals surface area contributed by atoms with Crippen molar-refractivity contribution in [1.82, 2.24) is 14.9 Å². The van der Waals surface area contributed by atoms with Gasteiger partial charge in [0.2, 0.25) is 0 Å². The normalized spacial score (nSPS) is 13.1. The molecule has 3 aromatic rings. The summed E-state index contributed by atoms with van der Waals surface area (Å²) in [5, 5.41) is 10.3. The fourth-order valence-corrected chi connectivity index (χ4v) is 3.65. The number of benzene rings is 2. The number of carbonyl (C=O) groups is 1. The van der Waals surface area contributed by atoms with Crippen LogP contribution in [0.15, 0.2) is 48.7 Å². The third-order valence-corrected chi connectivity index (χ3v) is 5.47. The highest BCUT2D eigenvalue weighted by Crippen LogP contribution is 2.27. The van der Waals surface area contributed by atoms with Gasteiger partial charge < -0.3 is 14.7 Å². The second kappa shape index (κ2) is 8.27. The fourth-order valence-electron chi connectivity index (χ4n) is 3.14. The number of halogens is 2. The molecule has 1 aliphatic heterocycles. The van der Waals surface area contributed by atoms with Gasteiger partial charge in [-0.2, -0.15) is 0 Å². The molecular formula is C21H17Cl2N3O3. The van der Waals surface area contributed by atoms with Gasteiger partial charge in [0.1, 0.15) is 12.4 Å². The summed E-state index contributed by atoms with van der Waals surface area (Å²) in [7, 11) is 0. The number of rotatable bonds is 4. The molecule has 0 unspecified atom stereocenters. The van der Waals surface area contributed by atoms with Crippen molar-refractivity contribution < 1.29 is 14.6 Å². The third kappa shape index (κ3) is 4.28. The van der Waals surface area contributed by atoms with Gasteiger partial charge in [0.25, 0.3) is 0 Å². The summed E-state index contributed by atoms with van der Waals surface area (Å²) in [5.41, 5.74) is 3.34. The predicted octanol–water partition coefficient (Wildman–Crippen LogP) is 5.07. The van der Waals surface area contributed by atoms with Gasteiger partial charge in [-0.1, -0.05) is 29.3 Å². The lowest BCUT2D eigenvalue weighted by molar-refractivity contribution is 0.139. The van der Waals surface area contributed by atoms with Crippen molar-refractivity contribution >= 4 is 29.3 Å². The zero-order chi connectivity index (χ0) is 20.4. The number of carboxylic acid groups (broad SMARTS) is 1. The van der Waals surface area contributed by atoms with E-state index in [9.17, 15) is 4.79 Å². The van der Waals surface area contributed by atoms with Gasteiger partial charge in [-0.15, -0.1) is 0 Å². The van der Waals surface area contributed by atoms with Crippen LogP contribution < -0.4 is 4.74 Å². The van der Waals surface area contributed by atoms with Crippen molar-refractivity contribution in [2.75, 3.05) is 6.54 Å². The van der Waals surface area contributed by atoms with Crippen molar-refractivity contribution in [3.8, 4) is 17.1 Å². The largest absolute Gasteiger partial charge is 0.489 e. The summed E-state index contributed by atoms with van der Waals surface area (Å²) in [6.07, 6.45) is 1.36. The van der Waals surface area contributed by atoms with E-state index in [1.54, 1.807) is 24.4 Å². The second-order valence-corrected chi connectivity index (χ2v) is 7.45. The molecule has 148 valence electrons. The summed E-state index contributed by atoms with van der Waals surface area (Å²) in [4.78, 5) is 21.5. The lowest BCUT2D eigenvalue weighted by Gasteiger charge is -2.25. The van der Waals surface area contributed by atoms with Crippen LogP contribution in [-0.2, 0) is 19.6 Å². The molecule has 0 saturated carbocycles. The Hall–Kier alpha value is -2.83. The molecule has 0 aliphatic carbocycles. The maximum atomic E-state index is 11.1. The van der Waals surface area contributed by atoms with Crippen molar-refractivity contribution in [3.05, 3.63) is 75.5 Å². The van der Waals surface area contributed by atoms with E-state index < -0.39 is 6.09 Å². The lowest BCUT2D eigenvalue weighted by atomic mass is 10.1. The second-order valence-electron chi connectivity index (χ2n) is 6.63. The molecule has 4 rings (SSSR count). The average Bonchev–Trinajstić information content (AvgIpc) is 2.73. The highest BCUT2D eigenvalue weighted by Gasteiger charge is 2.21. The van der Waals surface area contributed by atoms with E-state index >= 15 is 0 Å². The molecule has 0 saturated heterocycles. The van der Waals surface area contributed by atoms with Crippen molar-refractivity contribution in [2.24, 2.45) is 0 Å². The Balaban J connectivity index is 1.46.